The van der Waals surface area contributed by atoms with Crippen molar-refractivity contribution >= 4 is 27.3 Å². The van der Waals surface area contributed by atoms with E-state index in [1.165, 1.54) is 12.1 Å². The Labute approximate surface area is 181 Å². The van der Waals surface area contributed by atoms with Gasteiger partial charge in [-0.1, -0.05) is 30.3 Å². The van der Waals surface area contributed by atoms with Crippen molar-refractivity contribution < 1.29 is 13.5 Å². The lowest BCUT2D eigenvalue weighted by molar-refractivity contribution is 0.145. The van der Waals surface area contributed by atoms with Gasteiger partial charge in [0.15, 0.2) is 9.84 Å². The molecule has 9 heteroatoms. The zero-order chi connectivity index (χ0) is 21.8. The van der Waals surface area contributed by atoms with E-state index in [2.05, 4.69) is 20.2 Å². The SMILES string of the molecule is NCS(=O)(=O)c1ccc(Nc2nc(-c3ccccc3)cc(N3CCC(O)CC3)n2)cc1. The molecule has 0 saturated carbocycles. The fourth-order valence-electron chi connectivity index (χ4n) is 3.48. The predicted molar refractivity (Wildman–Crippen MR) is 121 cm³/mol. The van der Waals surface area contributed by atoms with Crippen LogP contribution in [0.25, 0.3) is 11.3 Å². The maximum absolute atomic E-state index is 11.9. The van der Waals surface area contributed by atoms with Gasteiger partial charge in [-0.2, -0.15) is 4.98 Å². The molecule has 8 nitrogen and oxygen atoms in total. The molecular formula is C22H25N5O3S. The molecule has 0 amide bonds. The van der Waals surface area contributed by atoms with Crippen LogP contribution < -0.4 is 16.0 Å². The summed E-state index contributed by atoms with van der Waals surface area (Å²) in [6.45, 7) is 1.44. The van der Waals surface area contributed by atoms with Crippen LogP contribution in [0.15, 0.2) is 65.6 Å². The molecule has 31 heavy (non-hydrogen) atoms. The maximum atomic E-state index is 11.9. The number of aromatic nitrogens is 2. The van der Waals surface area contributed by atoms with Crippen LogP contribution in [0.3, 0.4) is 0 Å². The number of aliphatic hydroxyl groups excluding tert-OH is 1. The lowest BCUT2D eigenvalue weighted by atomic mass is 10.1. The van der Waals surface area contributed by atoms with Crippen LogP contribution in [0.2, 0.25) is 0 Å². The smallest absolute Gasteiger partial charge is 0.229 e. The number of piperidine rings is 1. The monoisotopic (exact) mass is 439 g/mol. The van der Waals surface area contributed by atoms with Gasteiger partial charge in [0.05, 0.1) is 16.7 Å². The number of nitrogens with zero attached hydrogens (tertiary/aromatic N) is 3. The Morgan fingerprint density at radius 2 is 1.71 bits per heavy atom. The van der Waals surface area contributed by atoms with Crippen molar-refractivity contribution in [2.45, 2.75) is 23.8 Å². The highest BCUT2D eigenvalue weighted by molar-refractivity contribution is 7.91. The van der Waals surface area contributed by atoms with Crippen molar-refractivity contribution in [3.63, 3.8) is 0 Å². The predicted octanol–water partition coefficient (Wildman–Crippen LogP) is 2.54. The number of nitrogens with one attached hydrogen (secondary N) is 1. The molecule has 1 aromatic heterocycles. The first-order valence-electron chi connectivity index (χ1n) is 10.1. The fourth-order valence-corrected chi connectivity index (χ4v) is 4.22. The minimum Gasteiger partial charge on any atom is -0.393 e. The molecule has 0 unspecified atom stereocenters. The minimum absolute atomic E-state index is 0.173. The maximum Gasteiger partial charge on any atom is 0.229 e. The molecule has 3 aromatic rings. The largest absolute Gasteiger partial charge is 0.393 e. The van der Waals surface area contributed by atoms with Crippen LogP contribution in [0.4, 0.5) is 17.5 Å². The second-order valence-electron chi connectivity index (χ2n) is 7.45. The number of hydrogen-bond donors (Lipinski definition) is 3. The standard InChI is InChI=1S/C22H25N5O3S/c23-15-31(29,30)19-8-6-17(7-9-19)24-22-25-20(16-4-2-1-3-5-16)14-21(26-22)27-12-10-18(28)11-13-27/h1-9,14,18,28H,10-13,15,23H2,(H,24,25,26). The van der Waals surface area contributed by atoms with Crippen molar-refractivity contribution in [2.24, 2.45) is 5.73 Å². The molecule has 0 spiro atoms. The van der Waals surface area contributed by atoms with E-state index >= 15 is 0 Å². The second-order valence-corrected chi connectivity index (χ2v) is 9.48. The van der Waals surface area contributed by atoms with Crippen LogP contribution in [-0.4, -0.2) is 48.6 Å². The third kappa shape index (κ3) is 5.01. The first-order valence-corrected chi connectivity index (χ1v) is 11.8. The Morgan fingerprint density at radius 1 is 1.03 bits per heavy atom. The van der Waals surface area contributed by atoms with Crippen LogP contribution in [0, 0.1) is 0 Å². The van der Waals surface area contributed by atoms with Gasteiger partial charge in [0.2, 0.25) is 5.95 Å². The first kappa shape index (κ1) is 21.2. The second kappa shape index (κ2) is 9.01. The number of benzene rings is 2. The summed E-state index contributed by atoms with van der Waals surface area (Å²) in [6.07, 6.45) is 1.13. The van der Waals surface area contributed by atoms with Gasteiger partial charge >= 0.3 is 0 Å². The van der Waals surface area contributed by atoms with E-state index < -0.39 is 15.7 Å². The Bertz CT molecular complexity index is 1130. The van der Waals surface area contributed by atoms with E-state index in [0.717, 1.165) is 30.2 Å². The summed E-state index contributed by atoms with van der Waals surface area (Å²) < 4.78 is 23.8. The van der Waals surface area contributed by atoms with Crippen molar-refractivity contribution in [3.8, 4) is 11.3 Å². The molecule has 0 aliphatic carbocycles. The summed E-state index contributed by atoms with van der Waals surface area (Å²) in [5.41, 5.74) is 7.74. The molecular weight excluding hydrogens is 414 g/mol. The average molecular weight is 440 g/mol. The Balaban J connectivity index is 1.65. The third-order valence-electron chi connectivity index (χ3n) is 5.26. The van der Waals surface area contributed by atoms with Gasteiger partial charge in [-0.3, -0.25) is 0 Å². The van der Waals surface area contributed by atoms with Crippen molar-refractivity contribution in [2.75, 3.05) is 29.2 Å². The molecule has 162 valence electrons. The number of aliphatic hydroxyl groups is 1. The normalized spacial score (nSPS) is 15.1. The lowest BCUT2D eigenvalue weighted by Gasteiger charge is -2.30. The molecule has 0 bridgehead atoms. The fraction of sp³-hybridized carbons (Fsp3) is 0.273. The molecule has 2 aromatic carbocycles. The van der Waals surface area contributed by atoms with Crippen molar-refractivity contribution in [1.82, 2.24) is 9.97 Å². The van der Waals surface area contributed by atoms with Crippen molar-refractivity contribution in [3.05, 3.63) is 60.7 Å². The lowest BCUT2D eigenvalue weighted by Crippen LogP contribution is -2.36. The molecule has 4 rings (SSSR count). The Kier molecular flexibility index (Phi) is 6.17. The van der Waals surface area contributed by atoms with Gasteiger partial charge in [-0.05, 0) is 37.1 Å². The zero-order valence-corrected chi connectivity index (χ0v) is 17.8. The van der Waals surface area contributed by atoms with Gasteiger partial charge in [0.1, 0.15) is 11.7 Å². The van der Waals surface area contributed by atoms with Crippen LogP contribution in [-0.2, 0) is 9.84 Å². The van der Waals surface area contributed by atoms with Crippen LogP contribution in [0.1, 0.15) is 12.8 Å². The molecule has 0 radical (unpaired) electrons. The zero-order valence-electron chi connectivity index (χ0n) is 17.0. The summed E-state index contributed by atoms with van der Waals surface area (Å²) in [4.78, 5) is 11.6. The third-order valence-corrected chi connectivity index (χ3v) is 6.69. The minimum atomic E-state index is -3.46. The highest BCUT2D eigenvalue weighted by Gasteiger charge is 2.20. The van der Waals surface area contributed by atoms with E-state index in [0.29, 0.717) is 24.5 Å². The number of rotatable bonds is 6. The molecule has 1 aliphatic heterocycles. The number of nitrogens with two attached hydrogens (primary N) is 1. The van der Waals surface area contributed by atoms with Crippen molar-refractivity contribution in [1.29, 1.82) is 0 Å². The van der Waals surface area contributed by atoms with Gasteiger partial charge in [-0.25, -0.2) is 13.4 Å². The Hall–Kier alpha value is -3.01. The Morgan fingerprint density at radius 3 is 2.35 bits per heavy atom. The quantitative estimate of drug-likeness (QED) is 0.536. The molecule has 2 heterocycles. The van der Waals surface area contributed by atoms with E-state index in [1.807, 2.05) is 36.4 Å². The first-order chi connectivity index (χ1) is 14.9. The molecule has 1 saturated heterocycles. The summed E-state index contributed by atoms with van der Waals surface area (Å²) in [7, 11) is -3.46. The highest BCUT2D eigenvalue weighted by atomic mass is 32.2. The van der Waals surface area contributed by atoms with Gasteiger partial charge in [-0.15, -0.1) is 0 Å². The summed E-state index contributed by atoms with van der Waals surface area (Å²) >= 11 is 0. The van der Waals surface area contributed by atoms with Gasteiger partial charge < -0.3 is 21.1 Å². The van der Waals surface area contributed by atoms with Gasteiger partial charge in [0.25, 0.3) is 0 Å². The van der Waals surface area contributed by atoms with Gasteiger partial charge in [0, 0.05) is 30.4 Å². The molecule has 0 atom stereocenters. The van der Waals surface area contributed by atoms with Crippen LogP contribution in [0.5, 0.6) is 0 Å². The van der Waals surface area contributed by atoms with E-state index in [-0.39, 0.29) is 11.0 Å². The van der Waals surface area contributed by atoms with E-state index in [1.54, 1.807) is 12.1 Å². The molecule has 1 aliphatic rings. The topological polar surface area (TPSA) is 121 Å². The number of sulfone groups is 1. The summed E-state index contributed by atoms with van der Waals surface area (Å²) in [5.74, 6) is 0.762. The summed E-state index contributed by atoms with van der Waals surface area (Å²) in [5, 5.41) is 13.0. The van der Waals surface area contributed by atoms with Crippen LogP contribution >= 0.6 is 0 Å². The van der Waals surface area contributed by atoms with E-state index in [4.69, 9.17) is 5.73 Å². The van der Waals surface area contributed by atoms with E-state index in [9.17, 15) is 13.5 Å². The highest BCUT2D eigenvalue weighted by Crippen LogP contribution is 2.27. The number of anilines is 3. The summed E-state index contributed by atoms with van der Waals surface area (Å²) in [6, 6.07) is 18.1. The average Bonchev–Trinajstić information content (AvgIpc) is 2.80. The molecule has 1 fully saturated rings. The molecule has 4 N–H and O–H groups in total. The number of hydrogen-bond acceptors (Lipinski definition) is 8.